The molecular formula is C16H18ClF2IN4O2S. The second-order valence-electron chi connectivity index (χ2n) is 5.49. The molecule has 0 aromatic heterocycles. The predicted molar refractivity (Wildman–Crippen MR) is 113 cm³/mol. The zero-order valence-corrected chi connectivity index (χ0v) is 18.0. The third kappa shape index (κ3) is 6.42. The lowest BCUT2D eigenvalue weighted by Crippen LogP contribution is -2.32. The van der Waals surface area contributed by atoms with E-state index < -0.39 is 21.8 Å². The Bertz CT molecular complexity index is 916. The highest BCUT2D eigenvalue weighted by Gasteiger charge is 2.19. The molecule has 0 atom stereocenters. The van der Waals surface area contributed by atoms with Crippen molar-refractivity contribution in [2.45, 2.75) is 6.42 Å². The number of rotatable bonds is 9. The minimum absolute atomic E-state index is 0.148. The van der Waals surface area contributed by atoms with Crippen LogP contribution in [0.5, 0.6) is 0 Å². The molecule has 2 aromatic rings. The van der Waals surface area contributed by atoms with Gasteiger partial charge in [0.05, 0.1) is 16.4 Å². The first-order chi connectivity index (χ1) is 12.7. The van der Waals surface area contributed by atoms with Gasteiger partial charge in [-0.1, -0.05) is 11.6 Å². The van der Waals surface area contributed by atoms with Crippen molar-refractivity contribution in [3.8, 4) is 0 Å². The molecule has 4 N–H and O–H groups in total. The van der Waals surface area contributed by atoms with Gasteiger partial charge in [-0.3, -0.25) is 4.72 Å². The SMILES string of the molecule is CNCCCNS(=O)(=O)Nc1ccc(F)c(F)c1Nc1ccc(I)cc1Cl. The molecular weight excluding hydrogens is 513 g/mol. The normalized spacial score (nSPS) is 11.4. The van der Waals surface area contributed by atoms with Crippen molar-refractivity contribution in [2.75, 3.05) is 30.2 Å². The van der Waals surface area contributed by atoms with Crippen molar-refractivity contribution in [1.82, 2.24) is 10.0 Å². The van der Waals surface area contributed by atoms with Crippen molar-refractivity contribution in [3.05, 3.63) is 50.6 Å². The summed E-state index contributed by atoms with van der Waals surface area (Å²) in [7, 11) is -2.22. The highest BCUT2D eigenvalue weighted by Crippen LogP contribution is 2.34. The topological polar surface area (TPSA) is 82.3 Å². The van der Waals surface area contributed by atoms with Gasteiger partial charge in [0.2, 0.25) is 0 Å². The molecule has 148 valence electrons. The number of hydrogen-bond donors (Lipinski definition) is 4. The summed E-state index contributed by atoms with van der Waals surface area (Å²) in [6, 6.07) is 6.92. The quantitative estimate of drug-likeness (QED) is 0.294. The summed E-state index contributed by atoms with van der Waals surface area (Å²) in [5.74, 6) is -2.34. The molecule has 0 spiro atoms. The first kappa shape index (κ1) is 22.1. The zero-order valence-electron chi connectivity index (χ0n) is 14.2. The van der Waals surface area contributed by atoms with Crippen LogP contribution in [0.4, 0.5) is 25.8 Å². The Morgan fingerprint density at radius 1 is 1.11 bits per heavy atom. The van der Waals surface area contributed by atoms with Crippen molar-refractivity contribution >= 4 is 61.5 Å². The molecule has 2 rings (SSSR count). The average molecular weight is 531 g/mol. The maximum atomic E-state index is 14.3. The van der Waals surface area contributed by atoms with Crippen LogP contribution in [0.15, 0.2) is 30.3 Å². The maximum Gasteiger partial charge on any atom is 0.299 e. The van der Waals surface area contributed by atoms with Crippen LogP contribution in [0.1, 0.15) is 6.42 Å². The summed E-state index contributed by atoms with van der Waals surface area (Å²) in [5.41, 5.74) is -0.202. The van der Waals surface area contributed by atoms with Gasteiger partial charge in [0.25, 0.3) is 10.2 Å². The fourth-order valence-electron chi connectivity index (χ4n) is 2.14. The number of halogens is 4. The molecule has 0 aliphatic carbocycles. The van der Waals surface area contributed by atoms with Gasteiger partial charge < -0.3 is 10.6 Å². The van der Waals surface area contributed by atoms with E-state index in [-0.39, 0.29) is 22.9 Å². The summed E-state index contributed by atoms with van der Waals surface area (Å²) in [6.07, 6.45) is 0.568. The van der Waals surface area contributed by atoms with E-state index in [4.69, 9.17) is 11.6 Å². The highest BCUT2D eigenvalue weighted by molar-refractivity contribution is 14.1. The number of anilines is 3. The Morgan fingerprint density at radius 2 is 1.81 bits per heavy atom. The van der Waals surface area contributed by atoms with Gasteiger partial charge in [0.1, 0.15) is 5.69 Å². The van der Waals surface area contributed by atoms with Gasteiger partial charge in [-0.25, -0.2) is 8.78 Å². The van der Waals surface area contributed by atoms with Crippen LogP contribution in [-0.2, 0) is 10.2 Å². The van der Waals surface area contributed by atoms with E-state index in [9.17, 15) is 17.2 Å². The van der Waals surface area contributed by atoms with Gasteiger partial charge in [-0.2, -0.15) is 13.1 Å². The van der Waals surface area contributed by atoms with Crippen molar-refractivity contribution in [1.29, 1.82) is 0 Å². The predicted octanol–water partition coefficient (Wildman–Crippen LogP) is 3.82. The van der Waals surface area contributed by atoms with Crippen LogP contribution in [0.2, 0.25) is 5.02 Å². The van der Waals surface area contributed by atoms with E-state index >= 15 is 0 Å². The molecule has 0 saturated heterocycles. The fourth-order valence-corrected chi connectivity index (χ4v) is 3.98. The summed E-state index contributed by atoms with van der Waals surface area (Å²) >= 11 is 8.17. The fraction of sp³-hybridized carbons (Fsp3) is 0.250. The highest BCUT2D eigenvalue weighted by atomic mass is 127. The monoisotopic (exact) mass is 530 g/mol. The third-order valence-electron chi connectivity index (χ3n) is 3.43. The maximum absolute atomic E-state index is 14.3. The van der Waals surface area contributed by atoms with Crippen LogP contribution >= 0.6 is 34.2 Å². The first-order valence-electron chi connectivity index (χ1n) is 7.85. The Morgan fingerprint density at radius 3 is 2.48 bits per heavy atom. The molecule has 6 nitrogen and oxygen atoms in total. The van der Waals surface area contributed by atoms with E-state index in [1.54, 1.807) is 25.2 Å². The summed E-state index contributed by atoms with van der Waals surface area (Å²) in [6.45, 7) is 0.817. The van der Waals surface area contributed by atoms with Crippen LogP contribution in [0.25, 0.3) is 0 Å². The standard InChI is InChI=1S/C16H18ClF2IN4O2S/c1-21-7-2-8-22-27(25,26)24-14-6-4-12(18)15(19)16(14)23-13-5-3-10(20)9-11(13)17/h3-6,9,21-24H,2,7-8H2,1H3. The largest absolute Gasteiger partial charge is 0.350 e. The van der Waals surface area contributed by atoms with Crippen LogP contribution in [0.3, 0.4) is 0 Å². The van der Waals surface area contributed by atoms with E-state index in [1.807, 2.05) is 0 Å². The van der Waals surface area contributed by atoms with Crippen LogP contribution in [0, 0.1) is 15.2 Å². The summed E-state index contributed by atoms with van der Waals surface area (Å²) in [4.78, 5) is 0. The van der Waals surface area contributed by atoms with Gasteiger partial charge >= 0.3 is 0 Å². The van der Waals surface area contributed by atoms with E-state index in [1.165, 1.54) is 0 Å². The molecule has 0 aliphatic heterocycles. The second kappa shape index (κ2) is 9.82. The minimum Gasteiger partial charge on any atom is -0.350 e. The lowest BCUT2D eigenvalue weighted by atomic mass is 10.2. The summed E-state index contributed by atoms with van der Waals surface area (Å²) < 4.78 is 57.8. The molecule has 11 heteroatoms. The number of benzene rings is 2. The van der Waals surface area contributed by atoms with Crippen molar-refractivity contribution < 1.29 is 17.2 Å². The molecule has 2 aromatic carbocycles. The number of nitrogens with one attached hydrogen (secondary N) is 4. The molecule has 27 heavy (non-hydrogen) atoms. The van der Waals surface area contributed by atoms with E-state index in [0.717, 1.165) is 15.7 Å². The lowest BCUT2D eigenvalue weighted by molar-refractivity contribution is 0.512. The van der Waals surface area contributed by atoms with Gasteiger partial charge in [-0.15, -0.1) is 0 Å². The van der Waals surface area contributed by atoms with E-state index in [0.29, 0.717) is 18.7 Å². The lowest BCUT2D eigenvalue weighted by Gasteiger charge is -2.16. The molecule has 0 aliphatic rings. The molecule has 0 fully saturated rings. The Labute approximate surface area is 175 Å². The number of hydrogen-bond acceptors (Lipinski definition) is 4. The zero-order chi connectivity index (χ0) is 20.0. The van der Waals surface area contributed by atoms with Crippen molar-refractivity contribution in [3.63, 3.8) is 0 Å². The molecule has 0 radical (unpaired) electrons. The third-order valence-corrected chi connectivity index (χ3v) is 5.48. The molecule has 0 saturated carbocycles. The smallest absolute Gasteiger partial charge is 0.299 e. The Balaban J connectivity index is 2.28. The van der Waals surface area contributed by atoms with Crippen LogP contribution < -0.4 is 20.1 Å². The Kier molecular flexibility index (Phi) is 8.04. The second-order valence-corrected chi connectivity index (χ2v) is 8.64. The van der Waals surface area contributed by atoms with Gasteiger partial charge in [0.15, 0.2) is 11.6 Å². The Hall–Kier alpha value is -1.21. The van der Waals surface area contributed by atoms with Gasteiger partial charge in [0, 0.05) is 10.1 Å². The molecule has 0 amide bonds. The molecule has 0 unspecified atom stereocenters. The minimum atomic E-state index is -3.97. The van der Waals surface area contributed by atoms with E-state index in [2.05, 4.69) is 42.7 Å². The summed E-state index contributed by atoms with van der Waals surface area (Å²) in [5, 5.41) is 5.84. The van der Waals surface area contributed by atoms with Crippen LogP contribution in [-0.4, -0.2) is 28.6 Å². The first-order valence-corrected chi connectivity index (χ1v) is 10.8. The van der Waals surface area contributed by atoms with Crippen molar-refractivity contribution in [2.24, 2.45) is 0 Å². The van der Waals surface area contributed by atoms with Gasteiger partial charge in [-0.05, 0) is 72.9 Å². The average Bonchev–Trinajstić information content (AvgIpc) is 2.60. The molecule has 0 bridgehead atoms. The molecule has 0 heterocycles.